The highest BCUT2D eigenvalue weighted by molar-refractivity contribution is 6.31. The van der Waals surface area contributed by atoms with Crippen LogP contribution in [0.3, 0.4) is 0 Å². The number of hydrogen-bond donors (Lipinski definition) is 1. The molecule has 0 unspecified atom stereocenters. The van der Waals surface area contributed by atoms with Gasteiger partial charge in [-0.15, -0.1) is 0 Å². The first-order valence-electron chi connectivity index (χ1n) is 9.96. The lowest BCUT2D eigenvalue weighted by Gasteiger charge is -2.33. The predicted molar refractivity (Wildman–Crippen MR) is 104 cm³/mol. The van der Waals surface area contributed by atoms with Crippen LogP contribution >= 0.6 is 11.6 Å². The molecule has 1 aliphatic carbocycles. The fraction of sp³-hybridized carbons (Fsp3) is 0.667. The third-order valence-electron chi connectivity index (χ3n) is 6.17. The molecule has 1 heterocycles. The Labute approximate surface area is 161 Å². The summed E-state index contributed by atoms with van der Waals surface area (Å²) < 4.78 is 13.2. The molecular formula is C21H30ClFN2O. The summed E-state index contributed by atoms with van der Waals surface area (Å²) in [5, 5.41) is 4.26. The summed E-state index contributed by atoms with van der Waals surface area (Å²) in [6.45, 7) is 4.49. The number of likely N-dealkylation sites (tertiary alicyclic amines) is 1. The highest BCUT2D eigenvalue weighted by Gasteiger charge is 2.25. The maximum absolute atomic E-state index is 13.2. The SMILES string of the molecule is CC(=O)N1CCC(NCCC2CCC(c3ccc(F)cc3Cl)CC2)CC1. The Morgan fingerprint density at radius 3 is 2.50 bits per heavy atom. The number of amides is 1. The minimum absolute atomic E-state index is 0.196. The second-order valence-electron chi connectivity index (χ2n) is 7.91. The monoisotopic (exact) mass is 380 g/mol. The van der Waals surface area contributed by atoms with Gasteiger partial charge in [-0.05, 0) is 81.0 Å². The van der Waals surface area contributed by atoms with Crippen LogP contribution in [-0.2, 0) is 4.79 Å². The van der Waals surface area contributed by atoms with Gasteiger partial charge in [-0.25, -0.2) is 4.39 Å². The second-order valence-corrected chi connectivity index (χ2v) is 8.31. The van der Waals surface area contributed by atoms with E-state index >= 15 is 0 Å². The van der Waals surface area contributed by atoms with Crippen molar-refractivity contribution in [2.24, 2.45) is 5.92 Å². The lowest BCUT2D eigenvalue weighted by Crippen LogP contribution is -2.44. The number of hydrogen-bond acceptors (Lipinski definition) is 2. The number of carbonyl (C=O) groups is 1. The molecule has 1 amide bonds. The fourth-order valence-corrected chi connectivity index (χ4v) is 4.81. The summed E-state index contributed by atoms with van der Waals surface area (Å²) in [7, 11) is 0. The van der Waals surface area contributed by atoms with Crippen LogP contribution in [0, 0.1) is 11.7 Å². The molecule has 1 aromatic rings. The summed E-state index contributed by atoms with van der Waals surface area (Å²) in [6.07, 6.45) is 8.09. The van der Waals surface area contributed by atoms with Gasteiger partial charge in [0.15, 0.2) is 0 Å². The topological polar surface area (TPSA) is 32.3 Å². The molecule has 1 aromatic carbocycles. The lowest BCUT2D eigenvalue weighted by atomic mass is 9.77. The lowest BCUT2D eigenvalue weighted by molar-refractivity contribution is -0.129. The second kappa shape index (κ2) is 9.18. The van der Waals surface area contributed by atoms with Gasteiger partial charge in [0.2, 0.25) is 5.91 Å². The summed E-state index contributed by atoms with van der Waals surface area (Å²) in [5.41, 5.74) is 1.11. The van der Waals surface area contributed by atoms with Crippen molar-refractivity contribution in [3.05, 3.63) is 34.6 Å². The molecule has 144 valence electrons. The van der Waals surface area contributed by atoms with Crippen molar-refractivity contribution in [1.29, 1.82) is 0 Å². The van der Waals surface area contributed by atoms with E-state index in [1.807, 2.05) is 11.0 Å². The van der Waals surface area contributed by atoms with Crippen molar-refractivity contribution >= 4 is 17.5 Å². The first kappa shape index (κ1) is 19.6. The standard InChI is InChI=1S/C21H30ClFN2O/c1-15(26)25-12-9-19(10-13-25)24-11-8-16-2-4-17(5-3-16)20-7-6-18(23)14-21(20)22/h6-7,14,16-17,19,24H,2-5,8-13H2,1H3. The first-order chi connectivity index (χ1) is 12.5. The Hall–Kier alpha value is -1.13. The van der Waals surface area contributed by atoms with E-state index in [2.05, 4.69) is 5.32 Å². The van der Waals surface area contributed by atoms with Gasteiger partial charge in [0.25, 0.3) is 0 Å². The first-order valence-corrected chi connectivity index (χ1v) is 10.3. The van der Waals surface area contributed by atoms with Crippen LogP contribution in [0.2, 0.25) is 5.02 Å². The maximum Gasteiger partial charge on any atom is 0.219 e. The van der Waals surface area contributed by atoms with E-state index in [4.69, 9.17) is 11.6 Å². The van der Waals surface area contributed by atoms with Crippen molar-refractivity contribution in [2.75, 3.05) is 19.6 Å². The molecular weight excluding hydrogens is 351 g/mol. The number of piperidine rings is 1. The molecule has 3 nitrogen and oxygen atoms in total. The van der Waals surface area contributed by atoms with E-state index in [-0.39, 0.29) is 11.7 Å². The average molecular weight is 381 g/mol. The van der Waals surface area contributed by atoms with Gasteiger partial charge in [-0.2, -0.15) is 0 Å². The fourth-order valence-electron chi connectivity index (χ4n) is 4.48. The van der Waals surface area contributed by atoms with Gasteiger partial charge < -0.3 is 10.2 Å². The van der Waals surface area contributed by atoms with Crippen molar-refractivity contribution in [3.8, 4) is 0 Å². The Kier molecular flexibility index (Phi) is 6.93. The van der Waals surface area contributed by atoms with E-state index in [9.17, 15) is 9.18 Å². The van der Waals surface area contributed by atoms with E-state index < -0.39 is 0 Å². The Morgan fingerprint density at radius 2 is 1.88 bits per heavy atom. The van der Waals surface area contributed by atoms with Crippen LogP contribution < -0.4 is 5.32 Å². The van der Waals surface area contributed by atoms with Gasteiger partial charge in [0, 0.05) is 31.1 Å². The molecule has 5 heteroatoms. The quantitative estimate of drug-likeness (QED) is 0.799. The van der Waals surface area contributed by atoms with Crippen molar-refractivity contribution in [3.63, 3.8) is 0 Å². The third-order valence-corrected chi connectivity index (χ3v) is 6.50. The molecule has 3 rings (SSSR count). The Morgan fingerprint density at radius 1 is 1.19 bits per heavy atom. The zero-order chi connectivity index (χ0) is 18.5. The number of nitrogens with zero attached hydrogens (tertiary/aromatic N) is 1. The van der Waals surface area contributed by atoms with Crippen LogP contribution in [0.1, 0.15) is 63.4 Å². The minimum atomic E-state index is -0.257. The van der Waals surface area contributed by atoms with Gasteiger partial charge in [-0.3, -0.25) is 4.79 Å². The van der Waals surface area contributed by atoms with Gasteiger partial charge in [0.1, 0.15) is 5.82 Å². The number of halogens is 2. The number of rotatable bonds is 5. The molecule has 2 fully saturated rings. The van der Waals surface area contributed by atoms with Crippen LogP contribution in [0.15, 0.2) is 18.2 Å². The van der Waals surface area contributed by atoms with Gasteiger partial charge in [-0.1, -0.05) is 17.7 Å². The van der Waals surface area contributed by atoms with Gasteiger partial charge in [0.05, 0.1) is 0 Å². The molecule has 1 N–H and O–H groups in total. The highest BCUT2D eigenvalue weighted by atomic mass is 35.5. The highest BCUT2D eigenvalue weighted by Crippen LogP contribution is 2.39. The maximum atomic E-state index is 13.2. The van der Waals surface area contributed by atoms with E-state index in [1.54, 1.807) is 6.92 Å². The molecule has 0 bridgehead atoms. The summed E-state index contributed by atoms with van der Waals surface area (Å²) in [6, 6.07) is 5.37. The van der Waals surface area contributed by atoms with E-state index in [1.165, 1.54) is 31.4 Å². The van der Waals surface area contributed by atoms with Crippen LogP contribution in [-0.4, -0.2) is 36.5 Å². The molecule has 0 aromatic heterocycles. The van der Waals surface area contributed by atoms with Crippen molar-refractivity contribution in [2.45, 2.75) is 63.8 Å². The molecule has 2 aliphatic rings. The summed E-state index contributed by atoms with van der Waals surface area (Å²) in [4.78, 5) is 13.3. The largest absolute Gasteiger partial charge is 0.343 e. The molecule has 1 saturated heterocycles. The smallest absolute Gasteiger partial charge is 0.219 e. The zero-order valence-corrected chi connectivity index (χ0v) is 16.4. The third kappa shape index (κ3) is 5.20. The number of nitrogens with one attached hydrogen (secondary N) is 1. The molecule has 1 aliphatic heterocycles. The average Bonchev–Trinajstić information content (AvgIpc) is 2.63. The van der Waals surface area contributed by atoms with Crippen LogP contribution in [0.5, 0.6) is 0 Å². The minimum Gasteiger partial charge on any atom is -0.343 e. The van der Waals surface area contributed by atoms with Crippen molar-refractivity contribution < 1.29 is 9.18 Å². The van der Waals surface area contributed by atoms with Crippen molar-refractivity contribution in [1.82, 2.24) is 10.2 Å². The number of carbonyl (C=O) groups excluding carboxylic acids is 1. The van der Waals surface area contributed by atoms with E-state index in [0.717, 1.165) is 56.8 Å². The molecule has 0 radical (unpaired) electrons. The normalized spacial score (nSPS) is 24.7. The summed E-state index contributed by atoms with van der Waals surface area (Å²) in [5.74, 6) is 1.19. The Balaban J connectivity index is 1.35. The van der Waals surface area contributed by atoms with E-state index in [0.29, 0.717) is 17.0 Å². The van der Waals surface area contributed by atoms with Crippen LogP contribution in [0.25, 0.3) is 0 Å². The van der Waals surface area contributed by atoms with Gasteiger partial charge >= 0.3 is 0 Å². The molecule has 26 heavy (non-hydrogen) atoms. The molecule has 1 saturated carbocycles. The zero-order valence-electron chi connectivity index (χ0n) is 15.6. The Bertz CT molecular complexity index is 608. The molecule has 0 spiro atoms. The number of benzene rings is 1. The molecule has 0 atom stereocenters. The van der Waals surface area contributed by atoms with Crippen LogP contribution in [0.4, 0.5) is 4.39 Å². The predicted octanol–water partition coefficient (Wildman–Crippen LogP) is 4.74. The summed E-state index contributed by atoms with van der Waals surface area (Å²) >= 11 is 6.22.